The number of amides is 2. The number of carbonyl (C=O) groups excluding carboxylic acids is 2. The summed E-state index contributed by atoms with van der Waals surface area (Å²) in [7, 11) is 0. The molecule has 2 amide bonds. The van der Waals surface area contributed by atoms with Crippen LogP contribution in [0, 0.1) is 0 Å². The van der Waals surface area contributed by atoms with Crippen LogP contribution in [-0.4, -0.2) is 39.9 Å². The summed E-state index contributed by atoms with van der Waals surface area (Å²) in [5.41, 5.74) is 3.42. The van der Waals surface area contributed by atoms with Gasteiger partial charge >= 0.3 is 0 Å². The van der Waals surface area contributed by atoms with Crippen molar-refractivity contribution in [2.24, 2.45) is 0 Å². The molecule has 1 aromatic heterocycles. The molecule has 1 fully saturated rings. The second-order valence-electron chi connectivity index (χ2n) is 9.86. The molecule has 0 spiro atoms. The average molecular weight is 461 g/mol. The molecule has 0 bridgehead atoms. The minimum Gasteiger partial charge on any atom is -0.339 e. The topological polar surface area (TPSA) is 88.3 Å². The Labute approximate surface area is 200 Å². The molecular weight excluding hydrogens is 428 g/mol. The summed E-state index contributed by atoms with van der Waals surface area (Å²) < 4.78 is 5.60. The van der Waals surface area contributed by atoms with E-state index in [4.69, 9.17) is 4.52 Å². The lowest BCUT2D eigenvalue weighted by molar-refractivity contribution is -0.115. The van der Waals surface area contributed by atoms with Crippen molar-refractivity contribution >= 4 is 17.5 Å². The third kappa shape index (κ3) is 5.35. The van der Waals surface area contributed by atoms with E-state index in [1.165, 1.54) is 5.56 Å². The molecular formula is C27H32N4O3. The zero-order chi connectivity index (χ0) is 24.3. The number of benzene rings is 2. The number of hydrogen-bond donors (Lipinski definition) is 1. The first-order valence-electron chi connectivity index (χ1n) is 11.9. The molecule has 0 radical (unpaired) electrons. The summed E-state index contributed by atoms with van der Waals surface area (Å²) in [4.78, 5) is 31.3. The summed E-state index contributed by atoms with van der Waals surface area (Å²) in [5, 5.41) is 7.01. The maximum atomic E-state index is 13.1. The van der Waals surface area contributed by atoms with Gasteiger partial charge in [-0.3, -0.25) is 9.59 Å². The molecule has 3 aromatic rings. The molecule has 2 aromatic carbocycles. The molecule has 1 aliphatic heterocycles. The van der Waals surface area contributed by atoms with E-state index in [0.717, 1.165) is 24.9 Å². The Morgan fingerprint density at radius 1 is 1.15 bits per heavy atom. The van der Waals surface area contributed by atoms with Gasteiger partial charge < -0.3 is 14.7 Å². The minimum atomic E-state index is -0.0500. The zero-order valence-electron chi connectivity index (χ0n) is 20.3. The molecule has 7 heteroatoms. The number of carbonyl (C=O) groups is 2. The van der Waals surface area contributed by atoms with E-state index >= 15 is 0 Å². The van der Waals surface area contributed by atoms with E-state index in [0.29, 0.717) is 35.9 Å². The summed E-state index contributed by atoms with van der Waals surface area (Å²) in [5.74, 6) is 0.994. The second kappa shape index (κ2) is 9.79. The molecule has 1 unspecified atom stereocenters. The molecule has 1 saturated heterocycles. The molecule has 7 nitrogen and oxygen atoms in total. The first-order chi connectivity index (χ1) is 16.2. The Kier molecular flexibility index (Phi) is 6.82. The molecule has 1 atom stereocenters. The van der Waals surface area contributed by atoms with Crippen molar-refractivity contribution < 1.29 is 14.1 Å². The number of nitrogens with zero attached hydrogens (tertiary/aromatic N) is 3. The van der Waals surface area contributed by atoms with Crippen molar-refractivity contribution in [1.29, 1.82) is 0 Å². The number of anilines is 1. The number of likely N-dealkylation sites (tertiary alicyclic amines) is 1. The number of nitrogens with one attached hydrogen (secondary N) is 1. The van der Waals surface area contributed by atoms with Crippen LogP contribution >= 0.6 is 0 Å². The standard InChI is InChI=1S/C27H32N4O3/c1-5-23(32)28-22-10-6-8-19(16-22)24-29-25(34-30-24)20-9-7-15-31(17-20)26(33)18-11-13-21(14-12-18)27(2,3)4/h6,8,10-14,16,20H,5,7,9,15,17H2,1-4H3,(H,28,32). The van der Waals surface area contributed by atoms with Crippen molar-refractivity contribution in [2.45, 2.75) is 58.3 Å². The van der Waals surface area contributed by atoms with E-state index in [1.54, 1.807) is 0 Å². The predicted octanol–water partition coefficient (Wildman–Crippen LogP) is 5.40. The van der Waals surface area contributed by atoms with E-state index < -0.39 is 0 Å². The van der Waals surface area contributed by atoms with Crippen LogP contribution in [0.3, 0.4) is 0 Å². The lowest BCUT2D eigenvalue weighted by Gasteiger charge is -2.31. The van der Waals surface area contributed by atoms with Gasteiger partial charge in [0, 0.05) is 36.3 Å². The van der Waals surface area contributed by atoms with Crippen molar-refractivity contribution in [3.8, 4) is 11.4 Å². The Hall–Kier alpha value is -3.48. The van der Waals surface area contributed by atoms with E-state index in [2.05, 4.69) is 36.2 Å². The van der Waals surface area contributed by atoms with Gasteiger partial charge in [-0.25, -0.2) is 0 Å². The summed E-state index contributed by atoms with van der Waals surface area (Å²) >= 11 is 0. The highest BCUT2D eigenvalue weighted by molar-refractivity contribution is 5.94. The average Bonchev–Trinajstić information content (AvgIpc) is 3.34. The number of aromatic nitrogens is 2. The summed E-state index contributed by atoms with van der Waals surface area (Å²) in [6.45, 7) is 9.56. The van der Waals surface area contributed by atoms with Crippen molar-refractivity contribution in [3.05, 3.63) is 65.5 Å². The van der Waals surface area contributed by atoms with Crippen LogP contribution in [0.25, 0.3) is 11.4 Å². The van der Waals surface area contributed by atoms with E-state index in [-0.39, 0.29) is 23.1 Å². The second-order valence-corrected chi connectivity index (χ2v) is 9.86. The molecule has 4 rings (SSSR count). The van der Waals surface area contributed by atoms with Crippen LogP contribution in [0.2, 0.25) is 0 Å². The fourth-order valence-corrected chi connectivity index (χ4v) is 4.16. The van der Waals surface area contributed by atoms with Crippen LogP contribution in [-0.2, 0) is 10.2 Å². The van der Waals surface area contributed by atoms with Crippen LogP contribution < -0.4 is 5.32 Å². The van der Waals surface area contributed by atoms with Gasteiger partial charge in [0.15, 0.2) is 0 Å². The normalized spacial score (nSPS) is 16.4. The van der Waals surface area contributed by atoms with Crippen LogP contribution in [0.1, 0.15) is 74.7 Å². The minimum absolute atomic E-state index is 0.00391. The first-order valence-corrected chi connectivity index (χ1v) is 11.9. The van der Waals surface area contributed by atoms with Crippen molar-refractivity contribution in [3.63, 3.8) is 0 Å². The predicted molar refractivity (Wildman–Crippen MR) is 132 cm³/mol. The summed E-state index contributed by atoms with van der Waals surface area (Å²) in [6.07, 6.45) is 2.18. The van der Waals surface area contributed by atoms with Gasteiger partial charge in [0.05, 0.1) is 5.92 Å². The number of rotatable bonds is 5. The third-order valence-corrected chi connectivity index (χ3v) is 6.22. The Morgan fingerprint density at radius 3 is 2.62 bits per heavy atom. The third-order valence-electron chi connectivity index (χ3n) is 6.22. The van der Waals surface area contributed by atoms with Gasteiger partial charge in [-0.2, -0.15) is 4.98 Å². The smallest absolute Gasteiger partial charge is 0.253 e. The number of piperidine rings is 1. The first kappa shape index (κ1) is 23.7. The van der Waals surface area contributed by atoms with Gasteiger partial charge in [-0.1, -0.05) is 57.1 Å². The van der Waals surface area contributed by atoms with Crippen LogP contribution in [0.15, 0.2) is 53.1 Å². The largest absolute Gasteiger partial charge is 0.339 e. The fourth-order valence-electron chi connectivity index (χ4n) is 4.16. The molecule has 0 aliphatic carbocycles. The van der Waals surface area contributed by atoms with Crippen molar-refractivity contribution in [2.75, 3.05) is 18.4 Å². The lowest BCUT2D eigenvalue weighted by atomic mass is 9.86. The molecule has 178 valence electrons. The highest BCUT2D eigenvalue weighted by atomic mass is 16.5. The quantitative estimate of drug-likeness (QED) is 0.551. The molecule has 34 heavy (non-hydrogen) atoms. The molecule has 1 aliphatic rings. The monoisotopic (exact) mass is 460 g/mol. The SMILES string of the molecule is CCC(=O)Nc1cccc(-c2noc(C3CCCN(C(=O)c4ccc(C(C)(C)C)cc4)C3)n2)c1. The molecule has 2 heterocycles. The molecule has 1 N–H and O–H groups in total. The lowest BCUT2D eigenvalue weighted by Crippen LogP contribution is -2.39. The van der Waals surface area contributed by atoms with Gasteiger partial charge in [0.25, 0.3) is 5.91 Å². The van der Waals surface area contributed by atoms with Gasteiger partial charge in [-0.15, -0.1) is 0 Å². The van der Waals surface area contributed by atoms with Gasteiger partial charge in [-0.05, 0) is 48.1 Å². The fraction of sp³-hybridized carbons (Fsp3) is 0.407. The van der Waals surface area contributed by atoms with Crippen molar-refractivity contribution in [1.82, 2.24) is 15.0 Å². The Morgan fingerprint density at radius 2 is 1.91 bits per heavy atom. The van der Waals surface area contributed by atoms with E-state index in [1.807, 2.05) is 60.4 Å². The van der Waals surface area contributed by atoms with Crippen LogP contribution in [0.5, 0.6) is 0 Å². The maximum Gasteiger partial charge on any atom is 0.253 e. The van der Waals surface area contributed by atoms with Gasteiger partial charge in [0.2, 0.25) is 17.6 Å². The number of hydrogen-bond acceptors (Lipinski definition) is 5. The molecule has 0 saturated carbocycles. The maximum absolute atomic E-state index is 13.1. The summed E-state index contributed by atoms with van der Waals surface area (Å²) in [6, 6.07) is 15.3. The Bertz CT molecular complexity index is 1160. The highest BCUT2D eigenvalue weighted by Gasteiger charge is 2.29. The zero-order valence-corrected chi connectivity index (χ0v) is 20.3. The Balaban J connectivity index is 1.46. The van der Waals surface area contributed by atoms with Crippen LogP contribution in [0.4, 0.5) is 5.69 Å². The van der Waals surface area contributed by atoms with Gasteiger partial charge in [0.1, 0.15) is 0 Å². The van der Waals surface area contributed by atoms with E-state index in [9.17, 15) is 9.59 Å². The highest BCUT2D eigenvalue weighted by Crippen LogP contribution is 2.29.